The van der Waals surface area contributed by atoms with Crippen molar-refractivity contribution in [2.24, 2.45) is 5.92 Å². The van der Waals surface area contributed by atoms with Crippen LogP contribution in [0.4, 0.5) is 0 Å². The molecule has 0 heterocycles. The molecule has 2 unspecified atom stereocenters. The normalized spacial score (nSPS) is 13.2. The van der Waals surface area contributed by atoms with Crippen LogP contribution in [0, 0.1) is 19.8 Å². The maximum Gasteiger partial charge on any atom is 0.308 e. The van der Waals surface area contributed by atoms with Gasteiger partial charge in [-0.3, -0.25) is 9.59 Å². The topological polar surface area (TPSA) is 66.4 Å². The molecule has 23 heavy (non-hydrogen) atoms. The van der Waals surface area contributed by atoms with Crippen LogP contribution >= 0.6 is 0 Å². The molecular weight excluding hydrogens is 290 g/mol. The van der Waals surface area contributed by atoms with Crippen molar-refractivity contribution in [1.82, 2.24) is 5.32 Å². The largest absolute Gasteiger partial charge is 0.481 e. The maximum atomic E-state index is 12.5. The number of amides is 1. The van der Waals surface area contributed by atoms with E-state index in [1.165, 1.54) is 0 Å². The van der Waals surface area contributed by atoms with Gasteiger partial charge in [-0.2, -0.15) is 0 Å². The van der Waals surface area contributed by atoms with Crippen LogP contribution in [0.5, 0.6) is 0 Å². The summed E-state index contributed by atoms with van der Waals surface area (Å²) in [5.41, 5.74) is 3.45. The van der Waals surface area contributed by atoms with Crippen LogP contribution in [0.2, 0.25) is 0 Å². The van der Waals surface area contributed by atoms with Gasteiger partial charge in [0.05, 0.1) is 12.0 Å². The van der Waals surface area contributed by atoms with E-state index in [9.17, 15) is 14.7 Å². The van der Waals surface area contributed by atoms with E-state index in [4.69, 9.17) is 0 Å². The summed E-state index contributed by atoms with van der Waals surface area (Å²) in [5.74, 6) is -1.94. The minimum Gasteiger partial charge on any atom is -0.481 e. The molecule has 0 saturated carbocycles. The number of carboxylic acids is 1. The van der Waals surface area contributed by atoms with Gasteiger partial charge >= 0.3 is 5.97 Å². The zero-order valence-electron chi connectivity index (χ0n) is 13.5. The Morgan fingerprint density at radius 3 is 2.22 bits per heavy atom. The van der Waals surface area contributed by atoms with E-state index in [1.54, 1.807) is 13.0 Å². The fraction of sp³-hybridized carbons (Fsp3) is 0.263. The fourth-order valence-corrected chi connectivity index (χ4v) is 2.41. The van der Waals surface area contributed by atoms with Crippen LogP contribution in [0.3, 0.4) is 0 Å². The van der Waals surface area contributed by atoms with Gasteiger partial charge in [0.25, 0.3) is 5.91 Å². The van der Waals surface area contributed by atoms with Crippen molar-refractivity contribution in [2.45, 2.75) is 26.8 Å². The van der Waals surface area contributed by atoms with Crippen LogP contribution in [0.15, 0.2) is 48.5 Å². The van der Waals surface area contributed by atoms with Gasteiger partial charge in [0.2, 0.25) is 0 Å². The summed E-state index contributed by atoms with van der Waals surface area (Å²) < 4.78 is 0. The predicted molar refractivity (Wildman–Crippen MR) is 89.4 cm³/mol. The highest BCUT2D eigenvalue weighted by Crippen LogP contribution is 2.23. The van der Waals surface area contributed by atoms with Crippen LogP contribution in [-0.4, -0.2) is 17.0 Å². The van der Waals surface area contributed by atoms with Crippen molar-refractivity contribution in [2.75, 3.05) is 0 Å². The summed E-state index contributed by atoms with van der Waals surface area (Å²) in [4.78, 5) is 23.9. The summed E-state index contributed by atoms with van der Waals surface area (Å²) in [7, 11) is 0. The molecule has 4 nitrogen and oxygen atoms in total. The first-order valence-electron chi connectivity index (χ1n) is 7.56. The Hall–Kier alpha value is -2.62. The number of hydrogen-bond acceptors (Lipinski definition) is 2. The van der Waals surface area contributed by atoms with Gasteiger partial charge in [0.1, 0.15) is 0 Å². The molecule has 0 aliphatic rings. The zero-order valence-corrected chi connectivity index (χ0v) is 13.5. The molecule has 4 heteroatoms. The van der Waals surface area contributed by atoms with Gasteiger partial charge in [-0.25, -0.2) is 0 Å². The van der Waals surface area contributed by atoms with E-state index in [2.05, 4.69) is 5.32 Å². The van der Waals surface area contributed by atoms with Crippen molar-refractivity contribution in [3.63, 3.8) is 0 Å². The highest BCUT2D eigenvalue weighted by atomic mass is 16.4. The average Bonchev–Trinajstić information content (AvgIpc) is 2.55. The molecule has 0 bridgehead atoms. The number of aliphatic carboxylic acids is 1. The van der Waals surface area contributed by atoms with E-state index in [0.29, 0.717) is 5.56 Å². The number of hydrogen-bond donors (Lipinski definition) is 2. The Bertz CT molecular complexity index is 710. The number of nitrogens with one attached hydrogen (secondary N) is 1. The minimum absolute atomic E-state index is 0.268. The highest BCUT2D eigenvalue weighted by molar-refractivity contribution is 5.95. The standard InChI is InChI=1S/C19H21NO3/c1-12-9-10-16(11-13(12)2)18(21)20-17(14(3)19(22)23)15-7-5-4-6-8-15/h4-11,14,17H,1-3H3,(H,20,21)(H,22,23). The first-order chi connectivity index (χ1) is 10.9. The minimum atomic E-state index is -0.945. The summed E-state index contributed by atoms with van der Waals surface area (Å²) >= 11 is 0. The van der Waals surface area contributed by atoms with Crippen LogP contribution in [0.1, 0.15) is 40.0 Å². The Kier molecular flexibility index (Phi) is 5.16. The second-order valence-corrected chi connectivity index (χ2v) is 5.79. The second kappa shape index (κ2) is 7.09. The van der Waals surface area contributed by atoms with E-state index >= 15 is 0 Å². The molecule has 0 spiro atoms. The van der Waals surface area contributed by atoms with Crippen molar-refractivity contribution in [1.29, 1.82) is 0 Å². The lowest BCUT2D eigenvalue weighted by Crippen LogP contribution is -2.35. The molecule has 0 radical (unpaired) electrons. The third-order valence-corrected chi connectivity index (χ3v) is 4.10. The van der Waals surface area contributed by atoms with Crippen molar-refractivity contribution in [3.8, 4) is 0 Å². The first-order valence-corrected chi connectivity index (χ1v) is 7.56. The van der Waals surface area contributed by atoms with Crippen LogP contribution in [0.25, 0.3) is 0 Å². The fourth-order valence-electron chi connectivity index (χ4n) is 2.41. The lowest BCUT2D eigenvalue weighted by atomic mass is 9.94. The van der Waals surface area contributed by atoms with Crippen LogP contribution in [-0.2, 0) is 4.79 Å². The molecule has 0 aliphatic carbocycles. The van der Waals surface area contributed by atoms with Gasteiger partial charge in [-0.15, -0.1) is 0 Å². The number of carbonyl (C=O) groups is 2. The number of benzene rings is 2. The van der Waals surface area contributed by atoms with Crippen molar-refractivity contribution >= 4 is 11.9 Å². The second-order valence-electron chi connectivity index (χ2n) is 5.79. The smallest absolute Gasteiger partial charge is 0.308 e. The SMILES string of the molecule is Cc1ccc(C(=O)NC(c2ccccc2)C(C)C(=O)O)cc1C. The van der Waals surface area contributed by atoms with Crippen molar-refractivity contribution < 1.29 is 14.7 Å². The molecule has 2 rings (SSSR count). The molecule has 120 valence electrons. The molecule has 0 aliphatic heterocycles. The van der Waals surface area contributed by atoms with Crippen LogP contribution < -0.4 is 5.32 Å². The van der Waals surface area contributed by atoms with Gasteiger partial charge in [0, 0.05) is 5.56 Å². The third-order valence-electron chi connectivity index (χ3n) is 4.10. The van der Waals surface area contributed by atoms with E-state index in [-0.39, 0.29) is 5.91 Å². The van der Waals surface area contributed by atoms with Gasteiger partial charge < -0.3 is 10.4 Å². The Labute approximate surface area is 136 Å². The molecule has 0 saturated heterocycles. The van der Waals surface area contributed by atoms with Gasteiger partial charge in [0.15, 0.2) is 0 Å². The quantitative estimate of drug-likeness (QED) is 0.888. The molecule has 1 amide bonds. The molecular formula is C19H21NO3. The molecule has 2 atom stereocenters. The van der Waals surface area contributed by atoms with E-state index < -0.39 is 17.9 Å². The monoisotopic (exact) mass is 311 g/mol. The lowest BCUT2D eigenvalue weighted by molar-refractivity contribution is -0.142. The summed E-state index contributed by atoms with van der Waals surface area (Å²) in [5, 5.41) is 12.2. The molecule has 0 fully saturated rings. The zero-order chi connectivity index (χ0) is 17.0. The van der Waals surface area contributed by atoms with Gasteiger partial charge in [-0.05, 0) is 49.6 Å². The number of carboxylic acid groups (broad SMARTS) is 1. The highest BCUT2D eigenvalue weighted by Gasteiger charge is 2.27. The molecule has 2 N–H and O–H groups in total. The lowest BCUT2D eigenvalue weighted by Gasteiger charge is -2.23. The summed E-state index contributed by atoms with van der Waals surface area (Å²) in [6, 6.07) is 14.1. The van der Waals surface area contributed by atoms with Crippen molar-refractivity contribution in [3.05, 3.63) is 70.8 Å². The number of carbonyl (C=O) groups excluding carboxylic acids is 1. The van der Waals surface area contributed by atoms with Gasteiger partial charge in [-0.1, -0.05) is 36.4 Å². The van der Waals surface area contributed by atoms with E-state index in [0.717, 1.165) is 16.7 Å². The maximum absolute atomic E-state index is 12.5. The van der Waals surface area contributed by atoms with E-state index in [1.807, 2.05) is 56.3 Å². The number of rotatable bonds is 5. The summed E-state index contributed by atoms with van der Waals surface area (Å²) in [6.07, 6.45) is 0. The predicted octanol–water partition coefficient (Wildman–Crippen LogP) is 3.50. The molecule has 2 aromatic rings. The average molecular weight is 311 g/mol. The Morgan fingerprint density at radius 1 is 1.00 bits per heavy atom. The molecule has 0 aromatic heterocycles. The Morgan fingerprint density at radius 2 is 1.65 bits per heavy atom. The third kappa shape index (κ3) is 3.97. The first kappa shape index (κ1) is 16.7. The Balaban J connectivity index is 2.28. The summed E-state index contributed by atoms with van der Waals surface area (Å²) in [6.45, 7) is 5.53. The molecule has 2 aromatic carbocycles. The number of aryl methyl sites for hydroxylation is 2.